The van der Waals surface area contributed by atoms with Crippen LogP contribution in [0.5, 0.6) is 0 Å². The number of aromatic nitrogens is 6. The van der Waals surface area contributed by atoms with E-state index in [0.29, 0.717) is 18.9 Å². The first kappa shape index (κ1) is 19.8. The van der Waals surface area contributed by atoms with Crippen molar-refractivity contribution in [2.45, 2.75) is 19.5 Å². The maximum atomic E-state index is 11.3. The summed E-state index contributed by atoms with van der Waals surface area (Å²) in [6.07, 6.45) is 7.17. The van der Waals surface area contributed by atoms with Crippen LogP contribution < -0.4 is 0 Å². The molecule has 8 nitrogen and oxygen atoms in total. The number of amides is 1. The van der Waals surface area contributed by atoms with Crippen molar-refractivity contribution in [2.24, 2.45) is 0 Å². The van der Waals surface area contributed by atoms with Gasteiger partial charge in [0.2, 0.25) is 6.41 Å². The molecule has 6 aromatic rings. The number of carbonyl (C=O) groups excluding carboxylic acids is 1. The van der Waals surface area contributed by atoms with Crippen molar-refractivity contribution in [2.75, 3.05) is 6.54 Å². The van der Waals surface area contributed by atoms with Crippen LogP contribution in [0.25, 0.3) is 44.4 Å². The van der Waals surface area contributed by atoms with Crippen LogP contribution in [-0.2, 0) is 24.3 Å². The van der Waals surface area contributed by atoms with E-state index in [9.17, 15) is 4.79 Å². The fourth-order valence-corrected chi connectivity index (χ4v) is 4.99. The highest BCUT2D eigenvalue weighted by Crippen LogP contribution is 2.30. The molecular formula is C27H21N7O. The SMILES string of the molecule is O=CN1CCc2[nH]c3ccc(-c4ncc5ncn(Cc6ccc7ncccc7c6)c5n4)cc3c2C1. The Balaban J connectivity index is 1.27. The van der Waals surface area contributed by atoms with Gasteiger partial charge in [0.05, 0.1) is 24.6 Å². The van der Waals surface area contributed by atoms with Gasteiger partial charge in [-0.3, -0.25) is 9.78 Å². The fourth-order valence-electron chi connectivity index (χ4n) is 4.99. The number of nitrogens with one attached hydrogen (secondary N) is 1. The lowest BCUT2D eigenvalue weighted by Crippen LogP contribution is -2.28. The van der Waals surface area contributed by atoms with Crippen LogP contribution in [0.3, 0.4) is 0 Å². The van der Waals surface area contributed by atoms with Crippen molar-refractivity contribution in [1.82, 2.24) is 34.4 Å². The number of hydrogen-bond donors (Lipinski definition) is 1. The number of aromatic amines is 1. The van der Waals surface area contributed by atoms with Gasteiger partial charge in [-0.15, -0.1) is 0 Å². The van der Waals surface area contributed by atoms with Crippen molar-refractivity contribution in [3.63, 3.8) is 0 Å². The summed E-state index contributed by atoms with van der Waals surface area (Å²) in [5.41, 5.74) is 8.09. The molecule has 1 N–H and O–H groups in total. The maximum absolute atomic E-state index is 11.3. The lowest BCUT2D eigenvalue weighted by molar-refractivity contribution is -0.118. The van der Waals surface area contributed by atoms with Gasteiger partial charge >= 0.3 is 0 Å². The molecule has 8 heteroatoms. The van der Waals surface area contributed by atoms with Crippen LogP contribution in [0.2, 0.25) is 0 Å². The number of fused-ring (bicyclic) bond motifs is 5. The maximum Gasteiger partial charge on any atom is 0.210 e. The van der Waals surface area contributed by atoms with Crippen LogP contribution in [0.4, 0.5) is 0 Å². The molecular weight excluding hydrogens is 438 g/mol. The molecule has 0 saturated carbocycles. The zero-order chi connectivity index (χ0) is 23.4. The van der Waals surface area contributed by atoms with Gasteiger partial charge in [-0.25, -0.2) is 15.0 Å². The van der Waals surface area contributed by atoms with Crippen LogP contribution in [0.1, 0.15) is 16.8 Å². The predicted molar refractivity (Wildman–Crippen MR) is 134 cm³/mol. The molecule has 0 fully saturated rings. The number of hydrogen-bond acceptors (Lipinski definition) is 5. The van der Waals surface area contributed by atoms with Gasteiger partial charge in [0.15, 0.2) is 11.5 Å². The highest BCUT2D eigenvalue weighted by Gasteiger charge is 2.20. The number of pyridine rings is 1. The Hall–Kier alpha value is -4.59. The first-order valence-electron chi connectivity index (χ1n) is 11.6. The molecule has 170 valence electrons. The number of imidazole rings is 1. The van der Waals surface area contributed by atoms with E-state index in [4.69, 9.17) is 4.98 Å². The van der Waals surface area contributed by atoms with E-state index in [2.05, 4.69) is 54.8 Å². The summed E-state index contributed by atoms with van der Waals surface area (Å²) in [5.74, 6) is 0.655. The molecule has 0 unspecified atom stereocenters. The van der Waals surface area contributed by atoms with Gasteiger partial charge in [-0.1, -0.05) is 12.1 Å². The molecule has 5 heterocycles. The lowest BCUT2D eigenvalue weighted by atomic mass is 10.0. The largest absolute Gasteiger partial charge is 0.358 e. The molecule has 1 amide bonds. The van der Waals surface area contributed by atoms with E-state index in [-0.39, 0.29) is 0 Å². The summed E-state index contributed by atoms with van der Waals surface area (Å²) >= 11 is 0. The zero-order valence-corrected chi connectivity index (χ0v) is 18.8. The smallest absolute Gasteiger partial charge is 0.210 e. The molecule has 35 heavy (non-hydrogen) atoms. The second-order valence-corrected chi connectivity index (χ2v) is 8.97. The minimum Gasteiger partial charge on any atom is -0.358 e. The van der Waals surface area contributed by atoms with Crippen molar-refractivity contribution in [1.29, 1.82) is 0 Å². The molecule has 7 rings (SSSR count). The fraction of sp³-hybridized carbons (Fsp3) is 0.148. The molecule has 0 spiro atoms. The Kier molecular flexibility index (Phi) is 4.38. The summed E-state index contributed by atoms with van der Waals surface area (Å²) in [6, 6.07) is 16.5. The molecule has 0 radical (unpaired) electrons. The molecule has 1 aliphatic rings. The van der Waals surface area contributed by atoms with Gasteiger partial charge in [0, 0.05) is 58.8 Å². The van der Waals surface area contributed by atoms with Crippen LogP contribution >= 0.6 is 0 Å². The van der Waals surface area contributed by atoms with Gasteiger partial charge in [0.25, 0.3) is 0 Å². The van der Waals surface area contributed by atoms with E-state index in [1.54, 1.807) is 6.20 Å². The minimum absolute atomic E-state index is 0.621. The van der Waals surface area contributed by atoms with Crippen LogP contribution in [0.15, 0.2) is 67.3 Å². The Labute approximate surface area is 200 Å². The quantitative estimate of drug-likeness (QED) is 0.401. The van der Waals surface area contributed by atoms with Gasteiger partial charge in [-0.05, 0) is 42.0 Å². The second-order valence-electron chi connectivity index (χ2n) is 8.97. The number of H-pyrrole nitrogens is 1. The second kappa shape index (κ2) is 7.73. The summed E-state index contributed by atoms with van der Waals surface area (Å²) in [4.78, 5) is 35.1. The average molecular weight is 460 g/mol. The monoisotopic (exact) mass is 459 g/mol. The highest BCUT2D eigenvalue weighted by atomic mass is 16.1. The third-order valence-electron chi connectivity index (χ3n) is 6.79. The van der Waals surface area contributed by atoms with E-state index in [1.807, 2.05) is 35.6 Å². The van der Waals surface area contributed by atoms with Crippen LogP contribution in [0, 0.1) is 0 Å². The Morgan fingerprint density at radius 1 is 1.03 bits per heavy atom. The average Bonchev–Trinajstić information content (AvgIpc) is 3.48. The van der Waals surface area contributed by atoms with E-state index in [0.717, 1.165) is 63.5 Å². The first-order chi connectivity index (χ1) is 17.2. The molecule has 0 bridgehead atoms. The Bertz CT molecular complexity index is 1750. The summed E-state index contributed by atoms with van der Waals surface area (Å²) in [5, 5.41) is 2.23. The van der Waals surface area contributed by atoms with E-state index in [1.165, 1.54) is 11.3 Å². The number of benzene rings is 2. The topological polar surface area (TPSA) is 92.6 Å². The predicted octanol–water partition coefficient (Wildman–Crippen LogP) is 4.09. The van der Waals surface area contributed by atoms with Gasteiger partial charge in [-0.2, -0.15) is 0 Å². The first-order valence-corrected chi connectivity index (χ1v) is 11.6. The molecule has 4 aromatic heterocycles. The van der Waals surface area contributed by atoms with Crippen LogP contribution in [-0.4, -0.2) is 47.3 Å². The number of nitrogens with zero attached hydrogens (tertiary/aromatic N) is 6. The lowest BCUT2D eigenvalue weighted by Gasteiger charge is -2.22. The molecule has 0 saturated heterocycles. The zero-order valence-electron chi connectivity index (χ0n) is 18.8. The minimum atomic E-state index is 0.621. The standard InChI is InChI=1S/C27H21N7O/c35-16-33-9-7-24-21(14-33)20-11-19(4-6-23(20)31-24)26-29-12-25-27(32-26)34(15-30-25)13-17-3-5-22-18(10-17)2-1-8-28-22/h1-6,8,10-12,15-16,31H,7,9,13-14H2. The number of carbonyl (C=O) groups is 1. The van der Waals surface area contributed by atoms with Gasteiger partial charge < -0.3 is 14.5 Å². The third-order valence-corrected chi connectivity index (χ3v) is 6.79. The Morgan fingerprint density at radius 2 is 2.00 bits per heavy atom. The van der Waals surface area contributed by atoms with Crippen molar-refractivity contribution in [3.8, 4) is 11.4 Å². The highest BCUT2D eigenvalue weighted by molar-refractivity contribution is 5.89. The van der Waals surface area contributed by atoms with E-state index >= 15 is 0 Å². The van der Waals surface area contributed by atoms with E-state index < -0.39 is 0 Å². The van der Waals surface area contributed by atoms with Crippen molar-refractivity contribution >= 4 is 39.4 Å². The number of rotatable bonds is 4. The molecule has 2 aromatic carbocycles. The van der Waals surface area contributed by atoms with Gasteiger partial charge in [0.1, 0.15) is 5.52 Å². The third kappa shape index (κ3) is 3.33. The van der Waals surface area contributed by atoms with Crippen molar-refractivity contribution in [3.05, 3.63) is 84.1 Å². The molecule has 0 aliphatic carbocycles. The summed E-state index contributed by atoms with van der Waals surface area (Å²) in [7, 11) is 0. The summed E-state index contributed by atoms with van der Waals surface area (Å²) in [6.45, 7) is 2.02. The van der Waals surface area contributed by atoms with Crippen molar-refractivity contribution < 1.29 is 4.79 Å². The Morgan fingerprint density at radius 3 is 2.94 bits per heavy atom. The summed E-state index contributed by atoms with van der Waals surface area (Å²) < 4.78 is 2.05. The normalized spacial score (nSPS) is 13.5. The molecule has 0 atom stereocenters. The molecule has 1 aliphatic heterocycles.